The van der Waals surface area contributed by atoms with Crippen LogP contribution in [0.3, 0.4) is 0 Å². The molecule has 0 saturated carbocycles. The number of nitrogens with two attached hydrogens (primary N) is 2. The fourth-order valence-electron chi connectivity index (χ4n) is 1.89. The topological polar surface area (TPSA) is 122 Å². The van der Waals surface area contributed by atoms with E-state index in [4.69, 9.17) is 11.6 Å². The van der Waals surface area contributed by atoms with Crippen molar-refractivity contribution in [1.82, 2.24) is 4.90 Å². The van der Waals surface area contributed by atoms with E-state index >= 15 is 0 Å². The van der Waals surface area contributed by atoms with Crippen molar-refractivity contribution < 1.29 is 14.7 Å². The van der Waals surface area contributed by atoms with E-state index in [9.17, 15) is 14.7 Å². The van der Waals surface area contributed by atoms with Gasteiger partial charge in [-0.25, -0.2) is 0 Å². The average Bonchev–Trinajstić information content (AvgIpc) is 2.21. The van der Waals surface area contributed by atoms with Crippen LogP contribution in [-0.2, 0) is 9.59 Å². The normalized spacial score (nSPS) is 38.3. The van der Waals surface area contributed by atoms with Crippen LogP contribution in [-0.4, -0.2) is 45.4 Å². The number of amides is 1. The number of rotatable bonds is 2. The standard InChI is InChI=1S/C8H12N4O3S/c9-6-8(2-11-10,7(14)15)3-12-4(13)1-5(12)16-6/h2,5-6H,1,3,9-10H2,(H,14,15)/t5-,6?,8?/m1/s1. The van der Waals surface area contributed by atoms with Gasteiger partial charge in [0.2, 0.25) is 5.91 Å². The molecule has 88 valence electrons. The Hall–Kier alpha value is -1.28. The number of hydrogen-bond acceptors (Lipinski definition) is 6. The maximum Gasteiger partial charge on any atom is 0.319 e. The monoisotopic (exact) mass is 244 g/mol. The van der Waals surface area contributed by atoms with Gasteiger partial charge in [-0.15, -0.1) is 11.8 Å². The number of β-lactam (4-membered cyclic amide) rings is 1. The summed E-state index contributed by atoms with van der Waals surface area (Å²) in [6.45, 7) is 0.0424. The number of carboxylic acid groups (broad SMARTS) is 1. The first-order valence-electron chi connectivity index (χ1n) is 4.69. The fourth-order valence-corrected chi connectivity index (χ4v) is 3.29. The number of nitrogens with zero attached hydrogens (tertiary/aromatic N) is 2. The van der Waals surface area contributed by atoms with Crippen LogP contribution in [0.25, 0.3) is 0 Å². The van der Waals surface area contributed by atoms with Crippen molar-refractivity contribution in [2.75, 3.05) is 6.54 Å². The summed E-state index contributed by atoms with van der Waals surface area (Å²) in [5.41, 5.74) is 4.45. The molecule has 2 aliphatic rings. The summed E-state index contributed by atoms with van der Waals surface area (Å²) in [5.74, 6) is 3.85. The van der Waals surface area contributed by atoms with E-state index in [0.717, 1.165) is 6.21 Å². The van der Waals surface area contributed by atoms with Gasteiger partial charge in [0.1, 0.15) is 5.41 Å². The summed E-state index contributed by atoms with van der Waals surface area (Å²) < 4.78 is 0. The molecule has 0 aromatic heterocycles. The van der Waals surface area contributed by atoms with E-state index in [1.54, 1.807) is 0 Å². The zero-order valence-corrected chi connectivity index (χ0v) is 9.18. The molecule has 0 aliphatic carbocycles. The van der Waals surface area contributed by atoms with Crippen molar-refractivity contribution in [2.45, 2.75) is 17.2 Å². The molecule has 0 aromatic rings. The number of hydrogen-bond donors (Lipinski definition) is 3. The van der Waals surface area contributed by atoms with E-state index in [0.29, 0.717) is 6.42 Å². The van der Waals surface area contributed by atoms with Crippen LogP contribution >= 0.6 is 11.8 Å². The highest BCUT2D eigenvalue weighted by atomic mass is 32.2. The highest BCUT2D eigenvalue weighted by molar-refractivity contribution is 8.00. The smallest absolute Gasteiger partial charge is 0.319 e. The van der Waals surface area contributed by atoms with Crippen LogP contribution in [0, 0.1) is 5.41 Å². The molecule has 16 heavy (non-hydrogen) atoms. The van der Waals surface area contributed by atoms with E-state index < -0.39 is 16.8 Å². The van der Waals surface area contributed by atoms with Gasteiger partial charge >= 0.3 is 5.97 Å². The van der Waals surface area contributed by atoms with Gasteiger partial charge in [-0.05, 0) is 0 Å². The largest absolute Gasteiger partial charge is 0.480 e. The summed E-state index contributed by atoms with van der Waals surface area (Å²) in [6.07, 6.45) is 1.54. The molecule has 8 heteroatoms. The number of hydrazone groups is 1. The summed E-state index contributed by atoms with van der Waals surface area (Å²) in [5, 5.41) is 11.9. The van der Waals surface area contributed by atoms with E-state index in [-0.39, 0.29) is 17.8 Å². The van der Waals surface area contributed by atoms with E-state index in [2.05, 4.69) is 5.10 Å². The second kappa shape index (κ2) is 3.63. The molecule has 0 aromatic carbocycles. The van der Waals surface area contributed by atoms with Crippen LogP contribution in [0.1, 0.15) is 6.42 Å². The summed E-state index contributed by atoms with van der Waals surface area (Å²) >= 11 is 1.27. The molecule has 2 unspecified atom stereocenters. The summed E-state index contributed by atoms with van der Waals surface area (Å²) in [4.78, 5) is 24.1. The van der Waals surface area contributed by atoms with Gasteiger partial charge in [0, 0.05) is 12.8 Å². The first kappa shape index (κ1) is 11.2. The molecule has 0 spiro atoms. The Morgan fingerprint density at radius 1 is 1.75 bits per heavy atom. The Labute approximate surface area is 95.8 Å². The minimum atomic E-state index is -1.38. The third kappa shape index (κ3) is 1.37. The minimum absolute atomic E-state index is 0.00106. The lowest BCUT2D eigenvalue weighted by molar-refractivity contribution is -0.152. The molecule has 3 atom stereocenters. The molecule has 2 saturated heterocycles. The molecule has 0 bridgehead atoms. The van der Waals surface area contributed by atoms with Crippen molar-refractivity contribution >= 4 is 29.9 Å². The van der Waals surface area contributed by atoms with Crippen LogP contribution in [0.5, 0.6) is 0 Å². The highest BCUT2D eigenvalue weighted by Gasteiger charge is 2.55. The minimum Gasteiger partial charge on any atom is -0.480 e. The Morgan fingerprint density at radius 3 is 2.94 bits per heavy atom. The molecule has 1 amide bonds. The number of aliphatic carboxylic acids is 1. The molecule has 0 radical (unpaired) electrons. The fraction of sp³-hybridized carbons (Fsp3) is 0.625. The second-order valence-electron chi connectivity index (χ2n) is 3.86. The van der Waals surface area contributed by atoms with Crippen molar-refractivity contribution in [2.24, 2.45) is 22.1 Å². The van der Waals surface area contributed by atoms with Crippen molar-refractivity contribution in [3.8, 4) is 0 Å². The van der Waals surface area contributed by atoms with Crippen molar-refractivity contribution in [1.29, 1.82) is 0 Å². The quantitative estimate of drug-likeness (QED) is 0.237. The van der Waals surface area contributed by atoms with Gasteiger partial charge in [0.25, 0.3) is 0 Å². The Kier molecular flexibility index (Phi) is 2.55. The van der Waals surface area contributed by atoms with E-state index in [1.165, 1.54) is 16.7 Å². The van der Waals surface area contributed by atoms with Crippen molar-refractivity contribution in [3.05, 3.63) is 0 Å². The number of fused-ring (bicyclic) bond motifs is 1. The third-order valence-electron chi connectivity index (χ3n) is 2.96. The third-order valence-corrected chi connectivity index (χ3v) is 4.41. The molecule has 2 fully saturated rings. The number of carbonyl (C=O) groups excluding carboxylic acids is 1. The Balaban J connectivity index is 2.30. The van der Waals surface area contributed by atoms with Crippen LogP contribution in [0.2, 0.25) is 0 Å². The Morgan fingerprint density at radius 2 is 2.44 bits per heavy atom. The lowest BCUT2D eigenvalue weighted by atomic mass is 9.87. The number of carboxylic acids is 1. The highest BCUT2D eigenvalue weighted by Crippen LogP contribution is 2.44. The first-order valence-corrected chi connectivity index (χ1v) is 5.64. The zero-order valence-electron chi connectivity index (χ0n) is 8.37. The lowest BCUT2D eigenvalue weighted by Gasteiger charge is -2.51. The maximum absolute atomic E-state index is 11.3. The van der Waals surface area contributed by atoms with Gasteiger partial charge in [-0.1, -0.05) is 0 Å². The summed E-state index contributed by atoms with van der Waals surface area (Å²) in [7, 11) is 0. The predicted octanol–water partition coefficient (Wildman–Crippen LogP) is -1.41. The molecular weight excluding hydrogens is 232 g/mol. The van der Waals surface area contributed by atoms with E-state index in [1.807, 2.05) is 0 Å². The lowest BCUT2D eigenvalue weighted by Crippen LogP contribution is -2.66. The van der Waals surface area contributed by atoms with Gasteiger partial charge < -0.3 is 21.6 Å². The van der Waals surface area contributed by atoms with Gasteiger partial charge in [0.15, 0.2) is 0 Å². The molecular formula is C8H12N4O3S. The predicted molar refractivity (Wildman–Crippen MR) is 58.4 cm³/mol. The van der Waals surface area contributed by atoms with Crippen LogP contribution in [0.4, 0.5) is 0 Å². The molecule has 2 rings (SSSR count). The molecule has 2 aliphatic heterocycles. The molecule has 5 N–H and O–H groups in total. The Bertz CT molecular complexity index is 374. The summed E-state index contributed by atoms with van der Waals surface area (Å²) in [6, 6.07) is 0. The second-order valence-corrected chi connectivity index (χ2v) is 5.18. The first-order chi connectivity index (χ1) is 7.51. The number of carbonyl (C=O) groups is 2. The van der Waals surface area contributed by atoms with Gasteiger partial charge in [-0.3, -0.25) is 9.59 Å². The van der Waals surface area contributed by atoms with Gasteiger partial charge in [-0.2, -0.15) is 5.10 Å². The average molecular weight is 244 g/mol. The number of thioether (sulfide) groups is 1. The molecule has 2 heterocycles. The van der Waals surface area contributed by atoms with Crippen LogP contribution < -0.4 is 11.6 Å². The maximum atomic E-state index is 11.3. The molecule has 7 nitrogen and oxygen atoms in total. The zero-order chi connectivity index (χ0) is 11.9. The van der Waals surface area contributed by atoms with Gasteiger partial charge in [0.05, 0.1) is 17.2 Å². The van der Waals surface area contributed by atoms with Crippen molar-refractivity contribution in [3.63, 3.8) is 0 Å². The van der Waals surface area contributed by atoms with Crippen LogP contribution in [0.15, 0.2) is 5.10 Å². The SMILES string of the molecule is NN=CC1(C(=O)O)CN2C(=O)C[C@H]2SC1N.